The summed E-state index contributed by atoms with van der Waals surface area (Å²) in [6, 6.07) is 6.93. The van der Waals surface area contributed by atoms with Crippen LogP contribution in [0.25, 0.3) is 0 Å². The van der Waals surface area contributed by atoms with Crippen LogP contribution in [-0.2, 0) is 9.53 Å². The number of ether oxygens (including phenoxy) is 2. The lowest BCUT2D eigenvalue weighted by Gasteiger charge is -2.26. The molecule has 1 atom stereocenters. The molecule has 0 aliphatic carbocycles. The van der Waals surface area contributed by atoms with Crippen LogP contribution in [0.5, 0.6) is 5.75 Å². The molecule has 0 bridgehead atoms. The lowest BCUT2D eigenvalue weighted by molar-refractivity contribution is -0.119. The average Bonchev–Trinajstić information content (AvgIpc) is 2.53. The van der Waals surface area contributed by atoms with E-state index >= 15 is 0 Å². The van der Waals surface area contributed by atoms with Gasteiger partial charge in [-0.2, -0.15) is 0 Å². The van der Waals surface area contributed by atoms with E-state index in [2.05, 4.69) is 19.2 Å². The lowest BCUT2D eigenvalue weighted by Crippen LogP contribution is -2.44. The van der Waals surface area contributed by atoms with Gasteiger partial charge in [0, 0.05) is 25.0 Å². The van der Waals surface area contributed by atoms with Gasteiger partial charge in [0.25, 0.3) is 0 Å². The van der Waals surface area contributed by atoms with Crippen molar-refractivity contribution in [1.29, 1.82) is 0 Å². The van der Waals surface area contributed by atoms with Crippen molar-refractivity contribution in [2.75, 3.05) is 25.1 Å². The molecule has 2 rings (SSSR count). The number of hydrogen-bond acceptors (Lipinski definition) is 4. The summed E-state index contributed by atoms with van der Waals surface area (Å²) in [6.45, 7) is 6.21. The smallest absolute Gasteiger partial charge is 0.241 e. The highest BCUT2D eigenvalue weighted by Gasteiger charge is 2.26. The zero-order chi connectivity index (χ0) is 15.9. The Morgan fingerprint density at radius 1 is 1.41 bits per heavy atom. The van der Waals surface area contributed by atoms with Gasteiger partial charge < -0.3 is 20.5 Å². The topological polar surface area (TPSA) is 73.6 Å². The summed E-state index contributed by atoms with van der Waals surface area (Å²) >= 11 is 0. The van der Waals surface area contributed by atoms with Crippen molar-refractivity contribution in [3.8, 4) is 5.75 Å². The number of nitrogens with one attached hydrogen (secondary N) is 1. The van der Waals surface area contributed by atoms with Gasteiger partial charge in [0.15, 0.2) is 0 Å². The number of nitrogens with two attached hydrogens (primary N) is 1. The molecule has 5 nitrogen and oxygen atoms in total. The van der Waals surface area contributed by atoms with E-state index in [-0.39, 0.29) is 11.8 Å². The van der Waals surface area contributed by atoms with Crippen LogP contribution in [-0.4, -0.2) is 31.8 Å². The first-order chi connectivity index (χ1) is 10.6. The summed E-state index contributed by atoms with van der Waals surface area (Å²) < 4.78 is 11.0. The molecule has 0 radical (unpaired) electrons. The van der Waals surface area contributed by atoms with E-state index in [9.17, 15) is 4.79 Å². The Morgan fingerprint density at radius 3 is 2.82 bits per heavy atom. The molecule has 22 heavy (non-hydrogen) atoms. The van der Waals surface area contributed by atoms with E-state index in [0.29, 0.717) is 31.4 Å². The van der Waals surface area contributed by atoms with Gasteiger partial charge in [-0.25, -0.2) is 0 Å². The Kier molecular flexibility index (Phi) is 6.21. The molecule has 1 aromatic rings. The highest BCUT2D eigenvalue weighted by Crippen LogP contribution is 2.21. The maximum atomic E-state index is 12.3. The Morgan fingerprint density at radius 2 is 2.14 bits per heavy atom. The van der Waals surface area contributed by atoms with Gasteiger partial charge in [0.05, 0.1) is 12.6 Å². The molecule has 1 aromatic carbocycles. The molecular weight excluding hydrogens is 280 g/mol. The van der Waals surface area contributed by atoms with E-state index in [1.54, 1.807) is 0 Å². The molecule has 122 valence electrons. The molecule has 1 fully saturated rings. The van der Waals surface area contributed by atoms with E-state index < -0.39 is 6.04 Å². The first-order valence-corrected chi connectivity index (χ1v) is 7.93. The number of anilines is 1. The highest BCUT2D eigenvalue weighted by molar-refractivity contribution is 5.95. The number of carbonyl (C=O) groups is 1. The Hall–Kier alpha value is -1.59. The third-order valence-corrected chi connectivity index (χ3v) is 3.76. The molecule has 1 heterocycles. The Bertz CT molecular complexity index is 485. The number of rotatable bonds is 6. The molecule has 0 aromatic heterocycles. The highest BCUT2D eigenvalue weighted by atomic mass is 16.5. The van der Waals surface area contributed by atoms with Crippen LogP contribution < -0.4 is 15.8 Å². The number of benzene rings is 1. The summed E-state index contributed by atoms with van der Waals surface area (Å²) in [5.74, 6) is 1.26. The molecule has 0 saturated carbocycles. The van der Waals surface area contributed by atoms with Gasteiger partial charge >= 0.3 is 0 Å². The second kappa shape index (κ2) is 8.15. The van der Waals surface area contributed by atoms with Crippen molar-refractivity contribution in [1.82, 2.24) is 0 Å². The van der Waals surface area contributed by atoms with Gasteiger partial charge in [-0.3, -0.25) is 4.79 Å². The zero-order valence-electron chi connectivity index (χ0n) is 13.4. The first kappa shape index (κ1) is 16.8. The van der Waals surface area contributed by atoms with E-state index in [1.807, 2.05) is 24.3 Å². The van der Waals surface area contributed by atoms with Gasteiger partial charge in [-0.05, 0) is 36.8 Å². The lowest BCUT2D eigenvalue weighted by atomic mass is 9.92. The van der Waals surface area contributed by atoms with Crippen molar-refractivity contribution in [3.63, 3.8) is 0 Å². The van der Waals surface area contributed by atoms with Crippen LogP contribution in [0.4, 0.5) is 5.69 Å². The fraction of sp³-hybridized carbons (Fsp3) is 0.588. The van der Waals surface area contributed by atoms with Crippen LogP contribution >= 0.6 is 0 Å². The van der Waals surface area contributed by atoms with E-state index in [0.717, 1.165) is 18.6 Å². The number of carbonyl (C=O) groups excluding carboxylic acids is 1. The van der Waals surface area contributed by atoms with Crippen LogP contribution in [0, 0.1) is 11.8 Å². The van der Waals surface area contributed by atoms with Crippen LogP contribution in [0.2, 0.25) is 0 Å². The van der Waals surface area contributed by atoms with E-state index in [1.165, 1.54) is 0 Å². The number of hydrogen-bond donors (Lipinski definition) is 2. The minimum atomic E-state index is -0.496. The SMILES string of the molecule is CC(C)COc1cccc(NC(=O)C(N)C2CCOCC2)c1. The molecule has 1 unspecified atom stereocenters. The van der Waals surface area contributed by atoms with Crippen molar-refractivity contribution < 1.29 is 14.3 Å². The molecule has 1 aliphatic rings. The zero-order valence-corrected chi connectivity index (χ0v) is 13.4. The molecule has 3 N–H and O–H groups in total. The summed E-state index contributed by atoms with van der Waals surface area (Å²) in [5.41, 5.74) is 6.79. The monoisotopic (exact) mass is 306 g/mol. The van der Waals surface area contributed by atoms with Crippen LogP contribution in [0.3, 0.4) is 0 Å². The molecule has 5 heteroatoms. The van der Waals surface area contributed by atoms with Gasteiger partial charge in [-0.15, -0.1) is 0 Å². The van der Waals surface area contributed by atoms with Crippen molar-refractivity contribution >= 4 is 11.6 Å². The standard InChI is InChI=1S/C17H26N2O3/c1-12(2)11-22-15-5-3-4-14(10-15)19-17(20)16(18)13-6-8-21-9-7-13/h3-5,10,12-13,16H,6-9,11,18H2,1-2H3,(H,19,20). The summed E-state index contributed by atoms with van der Waals surface area (Å²) in [7, 11) is 0. The Labute approximate surface area is 132 Å². The predicted octanol–water partition coefficient (Wildman–Crippen LogP) is 2.41. The first-order valence-electron chi connectivity index (χ1n) is 7.93. The second-order valence-electron chi connectivity index (χ2n) is 6.20. The third kappa shape index (κ3) is 5.00. The van der Waals surface area contributed by atoms with Gasteiger partial charge in [0.1, 0.15) is 5.75 Å². The molecular formula is C17H26N2O3. The van der Waals surface area contributed by atoms with Crippen molar-refractivity contribution in [3.05, 3.63) is 24.3 Å². The minimum absolute atomic E-state index is 0.145. The fourth-order valence-electron chi connectivity index (χ4n) is 2.44. The number of amides is 1. The van der Waals surface area contributed by atoms with Gasteiger partial charge in [-0.1, -0.05) is 19.9 Å². The largest absolute Gasteiger partial charge is 0.493 e. The molecule has 1 amide bonds. The molecule has 1 saturated heterocycles. The summed E-state index contributed by atoms with van der Waals surface area (Å²) in [4.78, 5) is 12.3. The van der Waals surface area contributed by atoms with Gasteiger partial charge in [0.2, 0.25) is 5.91 Å². The summed E-state index contributed by atoms with van der Waals surface area (Å²) in [6.07, 6.45) is 1.68. The normalized spacial score (nSPS) is 17.3. The molecule has 0 spiro atoms. The van der Waals surface area contributed by atoms with Crippen LogP contribution in [0.15, 0.2) is 24.3 Å². The van der Waals surface area contributed by atoms with Crippen molar-refractivity contribution in [2.24, 2.45) is 17.6 Å². The second-order valence-corrected chi connectivity index (χ2v) is 6.20. The predicted molar refractivity (Wildman–Crippen MR) is 86.9 cm³/mol. The fourth-order valence-corrected chi connectivity index (χ4v) is 2.44. The Balaban J connectivity index is 1.91. The summed E-state index contributed by atoms with van der Waals surface area (Å²) in [5, 5.41) is 2.88. The van der Waals surface area contributed by atoms with Crippen molar-refractivity contribution in [2.45, 2.75) is 32.7 Å². The molecule has 1 aliphatic heterocycles. The average molecular weight is 306 g/mol. The third-order valence-electron chi connectivity index (χ3n) is 3.76. The van der Waals surface area contributed by atoms with E-state index in [4.69, 9.17) is 15.2 Å². The maximum absolute atomic E-state index is 12.3. The van der Waals surface area contributed by atoms with Crippen LogP contribution in [0.1, 0.15) is 26.7 Å². The maximum Gasteiger partial charge on any atom is 0.241 e. The minimum Gasteiger partial charge on any atom is -0.493 e. The quantitative estimate of drug-likeness (QED) is 0.846.